The summed E-state index contributed by atoms with van der Waals surface area (Å²) in [7, 11) is 0.660. The van der Waals surface area contributed by atoms with Gasteiger partial charge in [-0.15, -0.1) is 10.2 Å². The molecule has 3 aromatic heterocycles. The van der Waals surface area contributed by atoms with E-state index in [9.17, 15) is 8.42 Å². The number of rotatable bonds is 10. The number of aromatic nitrogens is 6. The molecule has 12 heteroatoms. The smallest absolute Gasteiger partial charge is 0.170 e. The number of aryl methyl sites for hydroxylation is 1. The fourth-order valence-electron chi connectivity index (χ4n) is 3.98. The molecule has 1 aromatic carbocycles. The zero-order chi connectivity index (χ0) is 26.6. The van der Waals surface area contributed by atoms with E-state index in [1.54, 1.807) is 61.3 Å². The van der Waals surface area contributed by atoms with Gasteiger partial charge in [-0.25, -0.2) is 8.42 Å². The number of benzene rings is 1. The van der Waals surface area contributed by atoms with Crippen LogP contribution in [0.25, 0.3) is 17.1 Å². The van der Waals surface area contributed by atoms with E-state index in [-0.39, 0.29) is 5.82 Å². The minimum Gasteiger partial charge on any atom is -0.494 e. The molecule has 4 rings (SSSR count). The molecule has 2 atom stereocenters. The Morgan fingerprint density at radius 2 is 1.68 bits per heavy atom. The maximum atomic E-state index is 13.7. The Labute approximate surface area is 215 Å². The van der Waals surface area contributed by atoms with Crippen molar-refractivity contribution in [2.24, 2.45) is 0 Å². The molecule has 0 unspecified atom stereocenters. The Bertz CT molecular complexity index is 1440. The van der Waals surface area contributed by atoms with Gasteiger partial charge in [-0.05, 0) is 38.1 Å². The first-order chi connectivity index (χ1) is 17.8. The van der Waals surface area contributed by atoms with E-state index in [2.05, 4.69) is 25.1 Å². The zero-order valence-electron chi connectivity index (χ0n) is 21.2. The van der Waals surface area contributed by atoms with Gasteiger partial charge in [-0.2, -0.15) is 0 Å². The normalized spacial score (nSPS) is 13.2. The Hall–Kier alpha value is -3.90. The molecule has 0 saturated carbocycles. The molecule has 0 radical (unpaired) electrons. The number of hydrogen-bond donors (Lipinski definition) is 0. The van der Waals surface area contributed by atoms with Crippen LogP contribution in [0.3, 0.4) is 0 Å². The number of para-hydroxylation sites is 1. The van der Waals surface area contributed by atoms with E-state index in [0.29, 0.717) is 34.3 Å². The fourth-order valence-corrected chi connectivity index (χ4v) is 5.42. The van der Waals surface area contributed by atoms with Gasteiger partial charge in [0.05, 0.1) is 37.1 Å². The second kappa shape index (κ2) is 11.0. The fraction of sp³-hybridized carbons (Fsp3) is 0.320. The lowest BCUT2D eigenvalue weighted by molar-refractivity contribution is 0.0983. The summed E-state index contributed by atoms with van der Waals surface area (Å²) in [5.74, 6) is 1.06. The molecule has 37 heavy (non-hydrogen) atoms. The molecule has 0 saturated heterocycles. The second-order valence-electron chi connectivity index (χ2n) is 8.28. The highest BCUT2D eigenvalue weighted by Gasteiger charge is 2.34. The van der Waals surface area contributed by atoms with Crippen molar-refractivity contribution in [1.82, 2.24) is 29.7 Å². The molecule has 0 bridgehead atoms. The standard InChI is InChI=1S/C25H28N6O5S/c1-16-12-28-19(14-27-16)24(36-5)17(2)37(32,33)15-22-29-30-25(18-8-7-11-26-13-18)31(22)23-20(34-3)9-6-10-21(23)35-4/h6-14,17,24H,15H2,1-5H3/t17-,24-/m1/s1. The third kappa shape index (κ3) is 5.30. The molecular weight excluding hydrogens is 496 g/mol. The van der Waals surface area contributed by atoms with Crippen molar-refractivity contribution < 1.29 is 22.6 Å². The predicted molar refractivity (Wildman–Crippen MR) is 136 cm³/mol. The van der Waals surface area contributed by atoms with Gasteiger partial charge in [-0.1, -0.05) is 6.07 Å². The molecule has 11 nitrogen and oxygen atoms in total. The van der Waals surface area contributed by atoms with Crippen molar-refractivity contribution in [2.45, 2.75) is 31.0 Å². The van der Waals surface area contributed by atoms with E-state index < -0.39 is 26.9 Å². The molecule has 194 valence electrons. The van der Waals surface area contributed by atoms with Crippen molar-refractivity contribution in [1.29, 1.82) is 0 Å². The predicted octanol–water partition coefficient (Wildman–Crippen LogP) is 3.14. The van der Waals surface area contributed by atoms with Crippen LogP contribution in [0.5, 0.6) is 11.5 Å². The minimum absolute atomic E-state index is 0.179. The summed E-state index contributed by atoms with van der Waals surface area (Å²) in [4.78, 5) is 12.7. The summed E-state index contributed by atoms with van der Waals surface area (Å²) < 4.78 is 45.8. The maximum Gasteiger partial charge on any atom is 0.170 e. The van der Waals surface area contributed by atoms with Crippen LogP contribution in [0, 0.1) is 6.92 Å². The van der Waals surface area contributed by atoms with Crippen LogP contribution in [-0.2, 0) is 20.3 Å². The highest BCUT2D eigenvalue weighted by molar-refractivity contribution is 7.91. The second-order valence-corrected chi connectivity index (χ2v) is 10.6. The first-order valence-electron chi connectivity index (χ1n) is 11.4. The van der Waals surface area contributed by atoms with Crippen LogP contribution in [0.4, 0.5) is 0 Å². The van der Waals surface area contributed by atoms with Crippen molar-refractivity contribution >= 4 is 9.84 Å². The van der Waals surface area contributed by atoms with Gasteiger partial charge < -0.3 is 14.2 Å². The lowest BCUT2D eigenvalue weighted by Gasteiger charge is -2.22. The summed E-state index contributed by atoms with van der Waals surface area (Å²) in [5, 5.41) is 7.66. The number of methoxy groups -OCH3 is 3. The van der Waals surface area contributed by atoms with E-state index in [1.165, 1.54) is 27.5 Å². The van der Waals surface area contributed by atoms with Crippen LogP contribution in [0.1, 0.15) is 30.2 Å². The zero-order valence-corrected chi connectivity index (χ0v) is 22.0. The van der Waals surface area contributed by atoms with Gasteiger partial charge in [0, 0.05) is 31.3 Å². The third-order valence-corrected chi connectivity index (χ3v) is 7.99. The first-order valence-corrected chi connectivity index (χ1v) is 13.1. The van der Waals surface area contributed by atoms with Gasteiger partial charge in [-0.3, -0.25) is 19.5 Å². The summed E-state index contributed by atoms with van der Waals surface area (Å²) in [6.07, 6.45) is 5.54. The highest BCUT2D eigenvalue weighted by Crippen LogP contribution is 2.37. The van der Waals surface area contributed by atoms with Gasteiger partial charge >= 0.3 is 0 Å². The highest BCUT2D eigenvalue weighted by atomic mass is 32.2. The van der Waals surface area contributed by atoms with Crippen molar-refractivity contribution in [3.8, 4) is 28.6 Å². The van der Waals surface area contributed by atoms with Crippen LogP contribution >= 0.6 is 0 Å². The molecule has 0 aliphatic rings. The Balaban J connectivity index is 1.83. The average molecular weight is 525 g/mol. The maximum absolute atomic E-state index is 13.7. The molecule has 0 spiro atoms. The SMILES string of the molecule is COc1cccc(OC)c1-n1c(CS(=O)(=O)[C@H](C)[C@@H](OC)c2cnc(C)cn2)nnc1-c1cccnc1. The van der Waals surface area contributed by atoms with E-state index in [0.717, 1.165) is 5.69 Å². The topological polar surface area (TPSA) is 131 Å². The number of sulfone groups is 1. The molecule has 0 N–H and O–H groups in total. The van der Waals surface area contributed by atoms with E-state index in [1.807, 2.05) is 6.07 Å². The molecule has 0 aliphatic heterocycles. The minimum atomic E-state index is -3.83. The average Bonchev–Trinajstić information content (AvgIpc) is 3.32. The molecule has 0 amide bonds. The van der Waals surface area contributed by atoms with Gasteiger partial charge in [0.2, 0.25) is 0 Å². The Kier molecular flexibility index (Phi) is 7.79. The van der Waals surface area contributed by atoms with Gasteiger partial charge in [0.1, 0.15) is 29.0 Å². The van der Waals surface area contributed by atoms with Crippen molar-refractivity contribution in [3.05, 3.63) is 72.3 Å². The molecule has 3 heterocycles. The summed E-state index contributed by atoms with van der Waals surface area (Å²) in [6.45, 7) is 3.38. The Morgan fingerprint density at radius 1 is 0.946 bits per heavy atom. The summed E-state index contributed by atoms with van der Waals surface area (Å²) in [6, 6.07) is 8.86. The summed E-state index contributed by atoms with van der Waals surface area (Å²) in [5.41, 5.74) is 2.26. The van der Waals surface area contributed by atoms with Gasteiger partial charge in [0.25, 0.3) is 0 Å². The van der Waals surface area contributed by atoms with Crippen molar-refractivity contribution in [3.63, 3.8) is 0 Å². The summed E-state index contributed by atoms with van der Waals surface area (Å²) >= 11 is 0. The number of nitrogens with zero attached hydrogens (tertiary/aromatic N) is 6. The van der Waals surface area contributed by atoms with Crippen LogP contribution in [0.2, 0.25) is 0 Å². The largest absolute Gasteiger partial charge is 0.494 e. The molecule has 0 aliphatic carbocycles. The molecule has 0 fully saturated rings. The van der Waals surface area contributed by atoms with Crippen molar-refractivity contribution in [2.75, 3.05) is 21.3 Å². The monoisotopic (exact) mass is 524 g/mol. The molecule has 4 aromatic rings. The number of pyridine rings is 1. The Morgan fingerprint density at radius 3 is 2.24 bits per heavy atom. The van der Waals surface area contributed by atoms with E-state index >= 15 is 0 Å². The third-order valence-electron chi connectivity index (χ3n) is 5.94. The quantitative estimate of drug-likeness (QED) is 0.305. The first kappa shape index (κ1) is 26.2. The molecular formula is C25H28N6O5S. The lowest BCUT2D eigenvalue weighted by Crippen LogP contribution is -2.29. The number of ether oxygens (including phenoxy) is 3. The number of hydrogen-bond acceptors (Lipinski definition) is 10. The van der Waals surface area contributed by atoms with E-state index in [4.69, 9.17) is 14.2 Å². The van der Waals surface area contributed by atoms with Gasteiger partial charge in [0.15, 0.2) is 21.5 Å². The lowest BCUT2D eigenvalue weighted by atomic mass is 10.2. The van der Waals surface area contributed by atoms with Crippen LogP contribution < -0.4 is 9.47 Å². The van der Waals surface area contributed by atoms with Crippen LogP contribution in [0.15, 0.2) is 55.1 Å². The van der Waals surface area contributed by atoms with Crippen LogP contribution in [-0.4, -0.2) is 64.7 Å².